The number of nitrogens with one attached hydrogen (secondary N) is 1. The van der Waals surface area contributed by atoms with Crippen molar-refractivity contribution in [2.75, 3.05) is 39.2 Å². The summed E-state index contributed by atoms with van der Waals surface area (Å²) in [6.45, 7) is 1.25. The summed E-state index contributed by atoms with van der Waals surface area (Å²) in [5.41, 5.74) is 0.676. The predicted molar refractivity (Wildman–Crippen MR) is 75.7 cm³/mol. The van der Waals surface area contributed by atoms with Crippen LogP contribution < -0.4 is 10.1 Å². The SMILES string of the molecule is COCCN(CCC#N)C(=O)Nc1ccc(OC)cc1. The molecule has 6 heteroatoms. The van der Waals surface area contributed by atoms with Crippen molar-refractivity contribution >= 4 is 11.7 Å². The van der Waals surface area contributed by atoms with Gasteiger partial charge in [-0.2, -0.15) is 5.26 Å². The first-order chi connectivity index (χ1) is 9.71. The number of hydrogen-bond donors (Lipinski definition) is 1. The van der Waals surface area contributed by atoms with Crippen LogP contribution in [0, 0.1) is 11.3 Å². The Hall–Kier alpha value is -2.26. The largest absolute Gasteiger partial charge is 0.497 e. The molecule has 2 amide bonds. The van der Waals surface area contributed by atoms with Gasteiger partial charge in [-0.25, -0.2) is 4.79 Å². The molecule has 0 aliphatic rings. The molecule has 0 atom stereocenters. The third kappa shape index (κ3) is 5.16. The van der Waals surface area contributed by atoms with E-state index in [0.717, 1.165) is 5.75 Å². The Balaban J connectivity index is 2.61. The van der Waals surface area contributed by atoms with Gasteiger partial charge in [0.25, 0.3) is 0 Å². The number of hydrogen-bond acceptors (Lipinski definition) is 4. The lowest BCUT2D eigenvalue weighted by atomic mass is 10.3. The highest BCUT2D eigenvalue weighted by atomic mass is 16.5. The van der Waals surface area contributed by atoms with Crippen molar-refractivity contribution < 1.29 is 14.3 Å². The van der Waals surface area contributed by atoms with Gasteiger partial charge in [0.15, 0.2) is 0 Å². The number of nitrogens with zero attached hydrogens (tertiary/aromatic N) is 2. The van der Waals surface area contributed by atoms with Crippen molar-refractivity contribution in [3.05, 3.63) is 24.3 Å². The van der Waals surface area contributed by atoms with Crippen LogP contribution in [0.25, 0.3) is 0 Å². The average Bonchev–Trinajstić information content (AvgIpc) is 2.48. The Bertz CT molecular complexity index is 454. The summed E-state index contributed by atoms with van der Waals surface area (Å²) < 4.78 is 10.0. The van der Waals surface area contributed by atoms with E-state index in [2.05, 4.69) is 5.32 Å². The molecule has 1 aromatic rings. The molecule has 0 aromatic heterocycles. The molecule has 0 aliphatic carbocycles. The zero-order valence-electron chi connectivity index (χ0n) is 11.8. The number of rotatable bonds is 7. The molecular weight excluding hydrogens is 258 g/mol. The number of anilines is 1. The van der Waals surface area contributed by atoms with Gasteiger partial charge >= 0.3 is 6.03 Å². The second-order valence-corrected chi connectivity index (χ2v) is 4.05. The van der Waals surface area contributed by atoms with Gasteiger partial charge in [0, 0.05) is 25.9 Å². The van der Waals surface area contributed by atoms with Crippen molar-refractivity contribution in [2.45, 2.75) is 6.42 Å². The number of nitriles is 1. The molecule has 0 spiro atoms. The summed E-state index contributed by atoms with van der Waals surface area (Å²) in [5, 5.41) is 11.4. The molecule has 1 N–H and O–H groups in total. The van der Waals surface area contributed by atoms with Crippen LogP contribution in [0.5, 0.6) is 5.75 Å². The van der Waals surface area contributed by atoms with Crippen molar-refractivity contribution in [1.29, 1.82) is 5.26 Å². The molecular formula is C14H19N3O3. The highest BCUT2D eigenvalue weighted by molar-refractivity contribution is 5.89. The fourth-order valence-corrected chi connectivity index (χ4v) is 1.58. The number of methoxy groups -OCH3 is 2. The summed E-state index contributed by atoms with van der Waals surface area (Å²) in [4.78, 5) is 13.6. The lowest BCUT2D eigenvalue weighted by Gasteiger charge is -2.21. The van der Waals surface area contributed by atoms with Gasteiger partial charge in [-0.3, -0.25) is 0 Å². The lowest BCUT2D eigenvalue weighted by molar-refractivity contribution is 0.156. The molecule has 108 valence electrons. The smallest absolute Gasteiger partial charge is 0.321 e. The van der Waals surface area contributed by atoms with Gasteiger partial charge in [0.05, 0.1) is 26.2 Å². The minimum absolute atomic E-state index is 0.248. The Morgan fingerprint density at radius 3 is 2.55 bits per heavy atom. The fraction of sp³-hybridized carbons (Fsp3) is 0.429. The summed E-state index contributed by atoms with van der Waals surface area (Å²) in [7, 11) is 3.16. The Morgan fingerprint density at radius 2 is 2.00 bits per heavy atom. The van der Waals surface area contributed by atoms with Crippen LogP contribution in [0.2, 0.25) is 0 Å². The van der Waals surface area contributed by atoms with Crippen LogP contribution in [-0.2, 0) is 4.74 Å². The fourth-order valence-electron chi connectivity index (χ4n) is 1.58. The quantitative estimate of drug-likeness (QED) is 0.828. The molecule has 0 saturated heterocycles. The molecule has 0 unspecified atom stereocenters. The summed E-state index contributed by atoms with van der Waals surface area (Å²) >= 11 is 0. The number of urea groups is 1. The zero-order chi connectivity index (χ0) is 14.8. The number of carbonyl (C=O) groups excluding carboxylic acids is 1. The molecule has 1 rings (SSSR count). The van der Waals surface area contributed by atoms with Crippen LogP contribution in [0.4, 0.5) is 10.5 Å². The summed E-state index contributed by atoms with van der Waals surface area (Å²) in [5.74, 6) is 0.726. The lowest BCUT2D eigenvalue weighted by Crippen LogP contribution is -2.37. The molecule has 0 heterocycles. The molecule has 0 saturated carbocycles. The standard InChI is InChI=1S/C14H19N3O3/c1-19-11-10-17(9-3-8-15)14(18)16-12-4-6-13(20-2)7-5-12/h4-7H,3,9-11H2,1-2H3,(H,16,18). The maximum absolute atomic E-state index is 12.1. The zero-order valence-corrected chi connectivity index (χ0v) is 11.8. The van der Waals surface area contributed by atoms with Crippen molar-refractivity contribution in [1.82, 2.24) is 4.90 Å². The summed E-state index contributed by atoms with van der Waals surface area (Å²) in [6, 6.07) is 8.84. The van der Waals surface area contributed by atoms with E-state index in [1.165, 1.54) is 0 Å². The maximum Gasteiger partial charge on any atom is 0.321 e. The molecule has 1 aromatic carbocycles. The minimum atomic E-state index is -0.248. The van der Waals surface area contributed by atoms with Gasteiger partial charge in [0.1, 0.15) is 5.75 Å². The Morgan fingerprint density at radius 1 is 1.30 bits per heavy atom. The number of ether oxygens (including phenoxy) is 2. The molecule has 0 fully saturated rings. The highest BCUT2D eigenvalue weighted by Crippen LogP contribution is 2.15. The normalized spacial score (nSPS) is 9.65. The van der Waals surface area contributed by atoms with Crippen LogP contribution >= 0.6 is 0 Å². The predicted octanol–water partition coefficient (Wildman–Crippen LogP) is 2.09. The van der Waals surface area contributed by atoms with Crippen molar-refractivity contribution in [2.24, 2.45) is 0 Å². The van der Waals surface area contributed by atoms with Gasteiger partial charge in [-0.05, 0) is 24.3 Å². The third-order valence-electron chi connectivity index (χ3n) is 2.69. The molecule has 0 bridgehead atoms. The van der Waals surface area contributed by atoms with E-state index in [4.69, 9.17) is 14.7 Å². The van der Waals surface area contributed by atoms with Gasteiger partial charge in [-0.1, -0.05) is 0 Å². The molecule has 0 radical (unpaired) electrons. The first kappa shape index (κ1) is 15.8. The molecule has 0 aliphatic heterocycles. The number of amides is 2. The Kier molecular flexibility index (Phi) is 6.93. The topological polar surface area (TPSA) is 74.6 Å². The van der Waals surface area contributed by atoms with Crippen molar-refractivity contribution in [3.63, 3.8) is 0 Å². The van der Waals surface area contributed by atoms with Crippen molar-refractivity contribution in [3.8, 4) is 11.8 Å². The highest BCUT2D eigenvalue weighted by Gasteiger charge is 2.12. The van der Waals surface area contributed by atoms with E-state index in [1.54, 1.807) is 43.4 Å². The van der Waals surface area contributed by atoms with E-state index in [9.17, 15) is 4.79 Å². The second-order valence-electron chi connectivity index (χ2n) is 4.05. The minimum Gasteiger partial charge on any atom is -0.497 e. The second kappa shape index (κ2) is 8.77. The van der Waals surface area contributed by atoms with E-state index in [1.807, 2.05) is 6.07 Å². The van der Waals surface area contributed by atoms with Crippen LogP contribution in [-0.4, -0.2) is 44.8 Å². The van der Waals surface area contributed by atoms with E-state index in [0.29, 0.717) is 31.8 Å². The number of benzene rings is 1. The van der Waals surface area contributed by atoms with Gasteiger partial charge < -0.3 is 19.7 Å². The van der Waals surface area contributed by atoms with Gasteiger partial charge in [-0.15, -0.1) is 0 Å². The molecule has 20 heavy (non-hydrogen) atoms. The monoisotopic (exact) mass is 277 g/mol. The Labute approximate surface area is 118 Å². The first-order valence-corrected chi connectivity index (χ1v) is 6.27. The number of carbonyl (C=O) groups is 1. The van der Waals surface area contributed by atoms with Crippen LogP contribution in [0.3, 0.4) is 0 Å². The average molecular weight is 277 g/mol. The van der Waals surface area contributed by atoms with E-state index < -0.39 is 0 Å². The van der Waals surface area contributed by atoms with Gasteiger partial charge in [0.2, 0.25) is 0 Å². The maximum atomic E-state index is 12.1. The summed E-state index contributed by atoms with van der Waals surface area (Å²) in [6.07, 6.45) is 0.291. The molecule has 6 nitrogen and oxygen atoms in total. The van der Waals surface area contributed by atoms with E-state index in [-0.39, 0.29) is 6.03 Å². The first-order valence-electron chi connectivity index (χ1n) is 6.27. The van der Waals surface area contributed by atoms with Crippen LogP contribution in [0.15, 0.2) is 24.3 Å². The van der Waals surface area contributed by atoms with Crippen LogP contribution in [0.1, 0.15) is 6.42 Å². The third-order valence-corrected chi connectivity index (χ3v) is 2.69. The van der Waals surface area contributed by atoms with E-state index >= 15 is 0 Å².